The molecule has 2 heterocycles. The maximum absolute atomic E-state index is 11.8. The second kappa shape index (κ2) is 5.31. The summed E-state index contributed by atoms with van der Waals surface area (Å²) < 4.78 is 7.02. The van der Waals surface area contributed by atoms with Crippen LogP contribution in [0.2, 0.25) is 0 Å². The van der Waals surface area contributed by atoms with Crippen molar-refractivity contribution in [3.8, 4) is 23.1 Å². The fraction of sp³-hybridized carbons (Fsp3) is 0.222. The quantitative estimate of drug-likeness (QED) is 0.783. The van der Waals surface area contributed by atoms with Gasteiger partial charge in [0.1, 0.15) is 5.41 Å². The monoisotopic (exact) mass is 333 g/mol. The highest BCUT2D eigenvalue weighted by Crippen LogP contribution is 2.47. The van der Waals surface area contributed by atoms with Gasteiger partial charge in [0.05, 0.1) is 24.4 Å². The van der Waals surface area contributed by atoms with Crippen molar-refractivity contribution in [1.82, 2.24) is 14.6 Å². The maximum atomic E-state index is 11.8. The number of nitrogens with two attached hydrogens (primary N) is 1. The van der Waals surface area contributed by atoms with Gasteiger partial charge < -0.3 is 10.5 Å². The van der Waals surface area contributed by atoms with E-state index in [2.05, 4.69) is 16.2 Å². The molecule has 7 nitrogen and oxygen atoms in total. The number of ether oxygens (including phenoxy) is 1. The van der Waals surface area contributed by atoms with Crippen molar-refractivity contribution in [2.75, 3.05) is 7.11 Å². The molecular formula is C18H15N5O2. The van der Waals surface area contributed by atoms with Crippen LogP contribution in [0.4, 0.5) is 0 Å². The number of nitriles is 1. The number of hydrogen-bond donors (Lipinski definition) is 1. The zero-order valence-electron chi connectivity index (χ0n) is 13.6. The molecule has 2 aromatic heterocycles. The summed E-state index contributed by atoms with van der Waals surface area (Å²) in [6.07, 6.45) is 1.31. The molecular weight excluding hydrogens is 318 g/mol. The van der Waals surface area contributed by atoms with Crippen molar-refractivity contribution in [3.05, 3.63) is 47.8 Å². The fourth-order valence-corrected chi connectivity index (χ4v) is 2.97. The van der Waals surface area contributed by atoms with Gasteiger partial charge in [-0.3, -0.25) is 4.79 Å². The number of methoxy groups -OCH3 is 1. The summed E-state index contributed by atoms with van der Waals surface area (Å²) in [7, 11) is 1.56. The zero-order valence-corrected chi connectivity index (χ0v) is 13.6. The molecule has 0 spiro atoms. The van der Waals surface area contributed by atoms with Gasteiger partial charge in [-0.2, -0.15) is 5.26 Å². The molecule has 1 fully saturated rings. The number of primary amides is 1. The second-order valence-corrected chi connectivity index (χ2v) is 6.10. The van der Waals surface area contributed by atoms with Crippen LogP contribution in [0, 0.1) is 11.3 Å². The summed E-state index contributed by atoms with van der Waals surface area (Å²) in [6.45, 7) is 0. The molecule has 124 valence electrons. The third-order valence-corrected chi connectivity index (χ3v) is 4.61. The van der Waals surface area contributed by atoms with Crippen LogP contribution in [0.1, 0.15) is 24.2 Å². The number of pyridine rings is 1. The Morgan fingerprint density at radius 2 is 2.16 bits per heavy atom. The first-order chi connectivity index (χ1) is 12.1. The standard InChI is InChI=1S/C18H15N5O2/c1-25-14-6-5-13(12-4-2-3-11(9-12)10-19)23-15(14)21-17(22-23)18(7-8-18)16(20)24/h2-6,9H,7-8H2,1H3,(H2,20,24). The molecule has 0 unspecified atom stereocenters. The molecule has 1 aliphatic carbocycles. The average Bonchev–Trinajstić information content (AvgIpc) is 3.33. The third-order valence-electron chi connectivity index (χ3n) is 4.61. The summed E-state index contributed by atoms with van der Waals surface area (Å²) in [5.74, 6) is 0.566. The van der Waals surface area contributed by atoms with Crippen molar-refractivity contribution in [3.63, 3.8) is 0 Å². The average molecular weight is 333 g/mol. The smallest absolute Gasteiger partial charge is 0.231 e. The molecule has 0 saturated heterocycles. The Labute approximate surface area is 143 Å². The summed E-state index contributed by atoms with van der Waals surface area (Å²) in [5.41, 5.74) is 7.43. The topological polar surface area (TPSA) is 106 Å². The van der Waals surface area contributed by atoms with E-state index in [0.717, 1.165) is 11.3 Å². The van der Waals surface area contributed by atoms with E-state index in [0.29, 0.717) is 35.6 Å². The number of nitrogens with zero attached hydrogens (tertiary/aromatic N) is 4. The lowest BCUT2D eigenvalue weighted by Gasteiger charge is -2.07. The van der Waals surface area contributed by atoms with Gasteiger partial charge in [-0.1, -0.05) is 12.1 Å². The Bertz CT molecular complexity index is 1040. The number of aromatic nitrogens is 3. The van der Waals surface area contributed by atoms with Crippen LogP contribution in [-0.2, 0) is 10.2 Å². The molecule has 3 aromatic rings. The largest absolute Gasteiger partial charge is 0.493 e. The van der Waals surface area contributed by atoms with Gasteiger partial charge in [-0.15, -0.1) is 5.10 Å². The van der Waals surface area contributed by atoms with Crippen LogP contribution < -0.4 is 10.5 Å². The van der Waals surface area contributed by atoms with Crippen molar-refractivity contribution in [2.45, 2.75) is 18.3 Å². The van der Waals surface area contributed by atoms with Gasteiger partial charge in [-0.25, -0.2) is 9.50 Å². The normalized spacial score (nSPS) is 14.9. The zero-order chi connectivity index (χ0) is 17.6. The Hall–Kier alpha value is -3.40. The summed E-state index contributed by atoms with van der Waals surface area (Å²) >= 11 is 0. The highest BCUT2D eigenvalue weighted by molar-refractivity contribution is 5.89. The van der Waals surface area contributed by atoms with Gasteiger partial charge in [0.2, 0.25) is 5.91 Å². The van der Waals surface area contributed by atoms with Crippen LogP contribution in [0.5, 0.6) is 5.75 Å². The molecule has 0 atom stereocenters. The minimum absolute atomic E-state index is 0.407. The van der Waals surface area contributed by atoms with Crippen molar-refractivity contribution >= 4 is 11.6 Å². The number of carbonyl (C=O) groups excluding carboxylic acids is 1. The van der Waals surface area contributed by atoms with Gasteiger partial charge in [0.25, 0.3) is 0 Å². The minimum Gasteiger partial charge on any atom is -0.493 e. The van der Waals surface area contributed by atoms with Crippen LogP contribution in [0.25, 0.3) is 16.9 Å². The maximum Gasteiger partial charge on any atom is 0.231 e. The fourth-order valence-electron chi connectivity index (χ4n) is 2.97. The van der Waals surface area contributed by atoms with Crippen LogP contribution in [0.3, 0.4) is 0 Å². The van der Waals surface area contributed by atoms with E-state index in [9.17, 15) is 4.79 Å². The predicted molar refractivity (Wildman–Crippen MR) is 89.8 cm³/mol. The molecule has 1 saturated carbocycles. The number of fused-ring (bicyclic) bond motifs is 1. The Kier molecular flexibility index (Phi) is 3.22. The van der Waals surface area contributed by atoms with E-state index in [1.807, 2.05) is 18.2 Å². The lowest BCUT2D eigenvalue weighted by Crippen LogP contribution is -2.29. The first kappa shape index (κ1) is 15.1. The van der Waals surface area contributed by atoms with Crippen molar-refractivity contribution in [1.29, 1.82) is 5.26 Å². The summed E-state index contributed by atoms with van der Waals surface area (Å²) in [4.78, 5) is 16.3. The Morgan fingerprint density at radius 3 is 2.80 bits per heavy atom. The molecule has 25 heavy (non-hydrogen) atoms. The predicted octanol–water partition coefficient (Wildman–Crippen LogP) is 1.79. The van der Waals surface area contributed by atoms with Gasteiger partial charge >= 0.3 is 0 Å². The molecule has 7 heteroatoms. The third kappa shape index (κ3) is 2.22. The molecule has 4 rings (SSSR count). The van der Waals surface area contributed by atoms with E-state index >= 15 is 0 Å². The molecule has 0 radical (unpaired) electrons. The molecule has 1 aliphatic rings. The SMILES string of the molecule is COc1ccc(-c2cccc(C#N)c2)n2nc(C3(C(N)=O)CC3)nc12. The highest BCUT2D eigenvalue weighted by Gasteiger charge is 2.53. The van der Waals surface area contributed by atoms with Gasteiger partial charge in [0.15, 0.2) is 17.2 Å². The molecule has 1 amide bonds. The number of carbonyl (C=O) groups is 1. The minimum atomic E-state index is -0.775. The summed E-state index contributed by atoms with van der Waals surface area (Å²) in [5, 5.41) is 13.7. The number of hydrogen-bond acceptors (Lipinski definition) is 5. The first-order valence-electron chi connectivity index (χ1n) is 7.84. The van der Waals surface area contributed by atoms with Crippen molar-refractivity contribution < 1.29 is 9.53 Å². The second-order valence-electron chi connectivity index (χ2n) is 6.10. The highest BCUT2D eigenvalue weighted by atomic mass is 16.5. The lowest BCUT2D eigenvalue weighted by molar-refractivity contribution is -0.120. The van der Waals surface area contributed by atoms with Crippen LogP contribution in [-0.4, -0.2) is 27.6 Å². The van der Waals surface area contributed by atoms with E-state index in [1.54, 1.807) is 29.8 Å². The lowest BCUT2D eigenvalue weighted by atomic mass is 10.1. The van der Waals surface area contributed by atoms with Gasteiger partial charge in [0, 0.05) is 5.56 Å². The molecule has 2 N–H and O–H groups in total. The van der Waals surface area contributed by atoms with E-state index in [4.69, 9.17) is 15.7 Å². The van der Waals surface area contributed by atoms with E-state index in [-0.39, 0.29) is 0 Å². The number of amides is 1. The summed E-state index contributed by atoms with van der Waals surface area (Å²) in [6, 6.07) is 13.0. The van der Waals surface area contributed by atoms with Crippen LogP contribution >= 0.6 is 0 Å². The Morgan fingerprint density at radius 1 is 1.36 bits per heavy atom. The van der Waals surface area contributed by atoms with Crippen molar-refractivity contribution in [2.24, 2.45) is 5.73 Å². The first-order valence-corrected chi connectivity index (χ1v) is 7.84. The van der Waals surface area contributed by atoms with E-state index in [1.165, 1.54) is 0 Å². The van der Waals surface area contributed by atoms with E-state index < -0.39 is 11.3 Å². The van der Waals surface area contributed by atoms with Gasteiger partial charge in [-0.05, 0) is 37.1 Å². The number of benzene rings is 1. The molecule has 0 aliphatic heterocycles. The molecule has 1 aromatic carbocycles. The van der Waals surface area contributed by atoms with Crippen LogP contribution in [0.15, 0.2) is 36.4 Å². The number of rotatable bonds is 4. The molecule has 0 bridgehead atoms. The Balaban J connectivity index is 1.96.